The molecular weight excluding hydrogens is 540 g/mol. The Morgan fingerprint density at radius 2 is 1.84 bits per heavy atom. The minimum absolute atomic E-state index is 0.00284. The molecule has 1 aliphatic heterocycles. The quantitative estimate of drug-likeness (QED) is 0.304. The van der Waals surface area contributed by atoms with E-state index in [0.29, 0.717) is 32.1 Å². The van der Waals surface area contributed by atoms with E-state index in [1.807, 2.05) is 0 Å². The van der Waals surface area contributed by atoms with Crippen LogP contribution in [0.1, 0.15) is 11.1 Å². The minimum Gasteiger partial charge on any atom is -0.486 e. The number of ether oxygens (including phenoxy) is 1. The second-order valence-corrected chi connectivity index (χ2v) is 9.38. The number of amides is 2. The van der Waals surface area contributed by atoms with E-state index in [0.717, 1.165) is 16.7 Å². The zero-order chi connectivity index (χ0) is 22.8. The lowest BCUT2D eigenvalue weighted by Crippen LogP contribution is -2.27. The highest BCUT2D eigenvalue weighted by Crippen LogP contribution is 2.39. The molecule has 1 fully saturated rings. The maximum atomic E-state index is 13.8. The number of rotatable bonds is 5. The van der Waals surface area contributed by atoms with Crippen LogP contribution < -0.4 is 9.64 Å². The SMILES string of the molecule is O=C1S/C(=C/c2cc(Cl)c(OCc3ccccc3F)c(Br)c2)C(=O)N1c1cccc(Cl)c1. The largest absolute Gasteiger partial charge is 0.486 e. The molecule has 0 saturated carbocycles. The van der Waals surface area contributed by atoms with Crippen LogP contribution in [0.25, 0.3) is 6.08 Å². The summed E-state index contributed by atoms with van der Waals surface area (Å²) >= 11 is 16.6. The van der Waals surface area contributed by atoms with Gasteiger partial charge in [-0.2, -0.15) is 0 Å². The first-order chi connectivity index (χ1) is 15.3. The van der Waals surface area contributed by atoms with E-state index >= 15 is 0 Å². The molecule has 9 heteroatoms. The van der Waals surface area contributed by atoms with Crippen LogP contribution in [0.3, 0.4) is 0 Å². The number of nitrogens with zero attached hydrogens (tertiary/aromatic N) is 1. The van der Waals surface area contributed by atoms with Gasteiger partial charge in [-0.1, -0.05) is 47.5 Å². The van der Waals surface area contributed by atoms with Crippen molar-refractivity contribution >= 4 is 73.8 Å². The average Bonchev–Trinajstić information content (AvgIpc) is 3.01. The van der Waals surface area contributed by atoms with Gasteiger partial charge < -0.3 is 4.74 Å². The fourth-order valence-corrected chi connectivity index (χ4v) is 5.04. The van der Waals surface area contributed by atoms with Crippen molar-refractivity contribution in [2.24, 2.45) is 0 Å². The molecule has 0 N–H and O–H groups in total. The van der Waals surface area contributed by atoms with Crippen molar-refractivity contribution in [1.82, 2.24) is 0 Å². The van der Waals surface area contributed by atoms with Crippen LogP contribution in [-0.2, 0) is 11.4 Å². The molecule has 0 atom stereocenters. The first-order valence-electron chi connectivity index (χ1n) is 9.22. The second-order valence-electron chi connectivity index (χ2n) is 6.69. The molecule has 162 valence electrons. The summed E-state index contributed by atoms with van der Waals surface area (Å²) in [7, 11) is 0. The normalized spacial score (nSPS) is 15.0. The summed E-state index contributed by atoms with van der Waals surface area (Å²) in [4.78, 5) is 26.6. The molecule has 4 nitrogen and oxygen atoms in total. The number of hydrogen-bond donors (Lipinski definition) is 0. The van der Waals surface area contributed by atoms with Crippen molar-refractivity contribution in [2.75, 3.05) is 4.90 Å². The highest BCUT2D eigenvalue weighted by molar-refractivity contribution is 9.10. The number of carbonyl (C=O) groups is 2. The van der Waals surface area contributed by atoms with Gasteiger partial charge in [0.25, 0.3) is 11.1 Å². The highest BCUT2D eigenvalue weighted by Gasteiger charge is 2.36. The number of benzene rings is 3. The molecule has 1 saturated heterocycles. The van der Waals surface area contributed by atoms with Gasteiger partial charge in [0.1, 0.15) is 12.4 Å². The lowest BCUT2D eigenvalue weighted by molar-refractivity contribution is -0.113. The van der Waals surface area contributed by atoms with Crippen LogP contribution >= 0.6 is 50.9 Å². The molecule has 0 radical (unpaired) electrons. The molecule has 32 heavy (non-hydrogen) atoms. The van der Waals surface area contributed by atoms with Crippen molar-refractivity contribution in [3.05, 3.63) is 97.0 Å². The minimum atomic E-state index is -0.450. The molecule has 0 unspecified atom stereocenters. The zero-order valence-electron chi connectivity index (χ0n) is 16.2. The van der Waals surface area contributed by atoms with Gasteiger partial charge >= 0.3 is 0 Å². The van der Waals surface area contributed by atoms with Crippen molar-refractivity contribution in [2.45, 2.75) is 6.61 Å². The summed E-state index contributed by atoms with van der Waals surface area (Å²) < 4.78 is 20.1. The molecule has 1 aliphatic rings. The van der Waals surface area contributed by atoms with Gasteiger partial charge in [0.15, 0.2) is 5.75 Å². The van der Waals surface area contributed by atoms with Gasteiger partial charge in [-0.3, -0.25) is 9.59 Å². The van der Waals surface area contributed by atoms with Gasteiger partial charge in [0.2, 0.25) is 0 Å². The topological polar surface area (TPSA) is 46.6 Å². The third kappa shape index (κ3) is 4.86. The van der Waals surface area contributed by atoms with Crippen LogP contribution in [0.15, 0.2) is 70.0 Å². The van der Waals surface area contributed by atoms with E-state index < -0.39 is 11.1 Å². The van der Waals surface area contributed by atoms with Gasteiger partial charge in [-0.05, 0) is 75.7 Å². The molecule has 3 aromatic rings. The number of imide groups is 1. The third-order valence-corrected chi connectivity index (χ3v) is 6.48. The Bertz CT molecular complexity index is 1240. The van der Waals surface area contributed by atoms with Crippen molar-refractivity contribution in [3.8, 4) is 5.75 Å². The fourth-order valence-electron chi connectivity index (χ4n) is 3.02. The van der Waals surface area contributed by atoms with E-state index in [1.54, 1.807) is 60.7 Å². The van der Waals surface area contributed by atoms with Crippen LogP contribution in [0.2, 0.25) is 10.0 Å². The molecule has 0 spiro atoms. The molecule has 0 bridgehead atoms. The first kappa shape index (κ1) is 22.9. The van der Waals surface area contributed by atoms with Crippen molar-refractivity contribution in [3.63, 3.8) is 0 Å². The number of hydrogen-bond acceptors (Lipinski definition) is 4. The number of anilines is 1. The molecule has 0 aromatic heterocycles. The summed E-state index contributed by atoms with van der Waals surface area (Å²) in [5, 5.41) is 0.279. The summed E-state index contributed by atoms with van der Waals surface area (Å²) in [5.74, 6) is -0.472. The third-order valence-electron chi connectivity index (χ3n) is 4.51. The Labute approximate surface area is 206 Å². The van der Waals surface area contributed by atoms with Crippen molar-refractivity contribution in [1.29, 1.82) is 0 Å². The van der Waals surface area contributed by atoms with Gasteiger partial charge in [-0.25, -0.2) is 9.29 Å². The predicted molar refractivity (Wildman–Crippen MR) is 130 cm³/mol. The van der Waals surface area contributed by atoms with Gasteiger partial charge in [-0.15, -0.1) is 0 Å². The maximum absolute atomic E-state index is 13.8. The summed E-state index contributed by atoms with van der Waals surface area (Å²) in [6, 6.07) is 16.1. The van der Waals surface area contributed by atoms with Crippen LogP contribution in [0.5, 0.6) is 5.75 Å². The molecule has 0 aliphatic carbocycles. The molecule has 2 amide bonds. The second kappa shape index (κ2) is 9.67. The Hall–Kier alpha value is -2.32. The summed E-state index contributed by atoms with van der Waals surface area (Å²) in [6.07, 6.45) is 1.58. The zero-order valence-corrected chi connectivity index (χ0v) is 20.1. The van der Waals surface area contributed by atoms with E-state index in [1.165, 1.54) is 6.07 Å². The Kier molecular flexibility index (Phi) is 6.90. The highest BCUT2D eigenvalue weighted by atomic mass is 79.9. The van der Waals surface area contributed by atoms with Crippen LogP contribution in [0.4, 0.5) is 14.9 Å². The van der Waals surface area contributed by atoms with Gasteiger partial charge in [0.05, 0.1) is 20.1 Å². The summed E-state index contributed by atoms with van der Waals surface area (Å²) in [6.45, 7) is 0.00284. The van der Waals surface area contributed by atoms with Gasteiger partial charge in [0, 0.05) is 10.6 Å². The Morgan fingerprint density at radius 3 is 2.56 bits per heavy atom. The van der Waals surface area contributed by atoms with E-state index in [9.17, 15) is 14.0 Å². The molecule has 4 rings (SSSR count). The van der Waals surface area contributed by atoms with E-state index in [2.05, 4.69) is 15.9 Å². The summed E-state index contributed by atoms with van der Waals surface area (Å²) in [5.41, 5.74) is 1.39. The molecular formula is C23H13BrCl2FNO3S. The lowest BCUT2D eigenvalue weighted by atomic mass is 10.2. The monoisotopic (exact) mass is 551 g/mol. The number of halogens is 4. The Morgan fingerprint density at radius 1 is 1.06 bits per heavy atom. The predicted octanol–water partition coefficient (Wildman–Crippen LogP) is 7.71. The standard InChI is InChI=1S/C23H13BrCl2FNO3S/c24-17-8-13(9-18(26)21(17)31-12-14-4-1-2-7-19(14)27)10-20-22(29)28(23(30)32-20)16-6-3-5-15(25)11-16/h1-11H,12H2/b20-10+. The van der Waals surface area contributed by atoms with E-state index in [4.69, 9.17) is 27.9 Å². The average molecular weight is 553 g/mol. The smallest absolute Gasteiger partial charge is 0.298 e. The number of carbonyl (C=O) groups excluding carboxylic acids is 2. The maximum Gasteiger partial charge on any atom is 0.298 e. The number of thioether (sulfide) groups is 1. The molecule has 1 heterocycles. The first-order valence-corrected chi connectivity index (χ1v) is 11.6. The lowest BCUT2D eigenvalue weighted by Gasteiger charge is -2.13. The van der Waals surface area contributed by atoms with Crippen LogP contribution in [0, 0.1) is 5.82 Å². The Balaban J connectivity index is 1.56. The van der Waals surface area contributed by atoms with Crippen molar-refractivity contribution < 1.29 is 18.7 Å². The van der Waals surface area contributed by atoms with E-state index in [-0.39, 0.29) is 22.4 Å². The molecule has 3 aromatic carbocycles. The van der Waals surface area contributed by atoms with Crippen LogP contribution in [-0.4, -0.2) is 11.1 Å². The fraction of sp³-hybridized carbons (Fsp3) is 0.0435.